The van der Waals surface area contributed by atoms with Crippen LogP contribution in [0.15, 0.2) is 18.2 Å². The average Bonchev–Trinajstić information content (AvgIpc) is 3.20. The van der Waals surface area contributed by atoms with Gasteiger partial charge in [-0.05, 0) is 31.0 Å². The standard InChI is InChI=1S/C13H16BrNO3/c1-18-10-4-5-12(16)11(8-10)13(17)15(7-6-14)9-2-3-9/h4-5,8-9,16H,2-3,6-7H2,1H3. The molecule has 0 unspecified atom stereocenters. The first-order chi connectivity index (χ1) is 8.67. The molecule has 0 aliphatic heterocycles. The van der Waals surface area contributed by atoms with Crippen molar-refractivity contribution in [2.24, 2.45) is 0 Å². The SMILES string of the molecule is COc1ccc(O)c(C(=O)N(CCBr)C2CC2)c1. The van der Waals surface area contributed by atoms with Crippen LogP contribution in [-0.2, 0) is 0 Å². The summed E-state index contributed by atoms with van der Waals surface area (Å²) in [5.41, 5.74) is 0.308. The number of methoxy groups -OCH3 is 1. The summed E-state index contributed by atoms with van der Waals surface area (Å²) in [7, 11) is 1.54. The van der Waals surface area contributed by atoms with Crippen molar-refractivity contribution in [3.63, 3.8) is 0 Å². The van der Waals surface area contributed by atoms with Crippen LogP contribution < -0.4 is 4.74 Å². The molecule has 1 saturated carbocycles. The number of benzene rings is 1. The lowest BCUT2D eigenvalue weighted by Gasteiger charge is -2.22. The molecule has 1 N–H and O–H groups in total. The lowest BCUT2D eigenvalue weighted by Crippen LogP contribution is -2.34. The van der Waals surface area contributed by atoms with E-state index in [1.807, 2.05) is 4.90 Å². The molecule has 18 heavy (non-hydrogen) atoms. The Morgan fingerprint density at radius 2 is 2.28 bits per heavy atom. The minimum absolute atomic E-state index is 0.000947. The van der Waals surface area contributed by atoms with Crippen molar-refractivity contribution in [3.8, 4) is 11.5 Å². The summed E-state index contributed by atoms with van der Waals surface area (Å²) in [5.74, 6) is 0.445. The third-order valence-corrected chi connectivity index (χ3v) is 3.36. The third kappa shape index (κ3) is 2.77. The largest absolute Gasteiger partial charge is 0.507 e. The van der Waals surface area contributed by atoms with Gasteiger partial charge in [-0.1, -0.05) is 15.9 Å². The van der Waals surface area contributed by atoms with Gasteiger partial charge in [-0.15, -0.1) is 0 Å². The number of hydrogen-bond acceptors (Lipinski definition) is 3. The second kappa shape index (κ2) is 5.61. The maximum Gasteiger partial charge on any atom is 0.258 e. The summed E-state index contributed by atoms with van der Waals surface area (Å²) < 4.78 is 5.08. The van der Waals surface area contributed by atoms with Gasteiger partial charge in [-0.25, -0.2) is 0 Å². The summed E-state index contributed by atoms with van der Waals surface area (Å²) in [5, 5.41) is 10.5. The lowest BCUT2D eigenvalue weighted by atomic mass is 10.1. The van der Waals surface area contributed by atoms with Gasteiger partial charge >= 0.3 is 0 Å². The first kappa shape index (κ1) is 13.2. The highest BCUT2D eigenvalue weighted by Crippen LogP contribution is 2.31. The maximum absolute atomic E-state index is 12.4. The van der Waals surface area contributed by atoms with Gasteiger partial charge in [0.05, 0.1) is 12.7 Å². The highest BCUT2D eigenvalue weighted by Gasteiger charge is 2.33. The molecule has 1 fully saturated rings. The van der Waals surface area contributed by atoms with Crippen LogP contribution in [0.3, 0.4) is 0 Å². The van der Waals surface area contributed by atoms with Gasteiger partial charge in [0.25, 0.3) is 5.91 Å². The van der Waals surface area contributed by atoms with Crippen LogP contribution in [-0.4, -0.2) is 40.9 Å². The number of phenols is 1. The quantitative estimate of drug-likeness (QED) is 0.849. The topological polar surface area (TPSA) is 49.8 Å². The predicted molar refractivity (Wildman–Crippen MR) is 72.5 cm³/mol. The summed E-state index contributed by atoms with van der Waals surface area (Å²) in [4.78, 5) is 14.2. The van der Waals surface area contributed by atoms with Crippen molar-refractivity contribution in [3.05, 3.63) is 23.8 Å². The number of carbonyl (C=O) groups is 1. The van der Waals surface area contributed by atoms with Crippen LogP contribution >= 0.6 is 15.9 Å². The van der Waals surface area contributed by atoms with Crippen LogP contribution in [0.4, 0.5) is 0 Å². The van der Waals surface area contributed by atoms with E-state index in [0.29, 0.717) is 23.9 Å². The average molecular weight is 314 g/mol. The molecule has 5 heteroatoms. The van der Waals surface area contributed by atoms with Crippen molar-refractivity contribution >= 4 is 21.8 Å². The van der Waals surface area contributed by atoms with Gasteiger partial charge in [0, 0.05) is 17.9 Å². The zero-order chi connectivity index (χ0) is 13.1. The maximum atomic E-state index is 12.4. The van der Waals surface area contributed by atoms with E-state index in [9.17, 15) is 9.90 Å². The Morgan fingerprint density at radius 1 is 1.56 bits per heavy atom. The second-order valence-corrected chi connectivity index (χ2v) is 5.09. The van der Waals surface area contributed by atoms with Crippen molar-refractivity contribution in [1.29, 1.82) is 0 Å². The molecular formula is C13H16BrNO3. The van der Waals surface area contributed by atoms with E-state index in [-0.39, 0.29) is 11.7 Å². The minimum atomic E-state index is -0.131. The lowest BCUT2D eigenvalue weighted by molar-refractivity contribution is 0.0751. The van der Waals surface area contributed by atoms with E-state index < -0.39 is 0 Å². The fourth-order valence-electron chi connectivity index (χ4n) is 1.90. The van der Waals surface area contributed by atoms with Crippen LogP contribution in [0, 0.1) is 0 Å². The number of alkyl halides is 1. The predicted octanol–water partition coefficient (Wildman–Crippen LogP) is 2.40. The Morgan fingerprint density at radius 3 is 2.83 bits per heavy atom. The molecule has 0 heterocycles. The van der Waals surface area contributed by atoms with Gasteiger partial charge < -0.3 is 14.7 Å². The Kier molecular flexibility index (Phi) is 4.11. The van der Waals surface area contributed by atoms with Crippen molar-refractivity contribution < 1.29 is 14.6 Å². The van der Waals surface area contributed by atoms with Crippen molar-refractivity contribution in [2.45, 2.75) is 18.9 Å². The van der Waals surface area contributed by atoms with Crippen LogP contribution in [0.2, 0.25) is 0 Å². The van der Waals surface area contributed by atoms with Gasteiger partial charge in [0.15, 0.2) is 0 Å². The Balaban J connectivity index is 2.25. The van der Waals surface area contributed by atoms with Gasteiger partial charge in [-0.3, -0.25) is 4.79 Å². The van der Waals surface area contributed by atoms with E-state index in [1.54, 1.807) is 12.1 Å². The molecule has 1 aromatic rings. The molecule has 98 valence electrons. The van der Waals surface area contributed by atoms with Crippen molar-refractivity contribution in [1.82, 2.24) is 4.90 Å². The molecule has 0 spiro atoms. The molecule has 1 aromatic carbocycles. The molecule has 1 aliphatic carbocycles. The van der Waals surface area contributed by atoms with Crippen LogP contribution in [0.5, 0.6) is 11.5 Å². The summed E-state index contributed by atoms with van der Waals surface area (Å²) in [6.45, 7) is 0.653. The number of phenolic OH excluding ortho intramolecular Hbond substituents is 1. The highest BCUT2D eigenvalue weighted by molar-refractivity contribution is 9.09. The zero-order valence-electron chi connectivity index (χ0n) is 10.2. The van der Waals surface area contributed by atoms with Crippen LogP contribution in [0.25, 0.3) is 0 Å². The number of halogens is 1. The molecule has 0 saturated heterocycles. The molecular weight excluding hydrogens is 298 g/mol. The number of aromatic hydroxyl groups is 1. The van der Waals surface area contributed by atoms with E-state index in [0.717, 1.165) is 18.2 Å². The van der Waals surface area contributed by atoms with E-state index in [2.05, 4.69) is 15.9 Å². The fourth-order valence-corrected chi connectivity index (χ4v) is 2.28. The minimum Gasteiger partial charge on any atom is -0.507 e. The van der Waals surface area contributed by atoms with Crippen LogP contribution in [0.1, 0.15) is 23.2 Å². The molecule has 1 aliphatic rings. The summed E-state index contributed by atoms with van der Waals surface area (Å²) >= 11 is 3.35. The van der Waals surface area contributed by atoms with Crippen molar-refractivity contribution in [2.75, 3.05) is 19.0 Å². The Bertz CT molecular complexity index is 446. The molecule has 2 rings (SSSR count). The van der Waals surface area contributed by atoms with E-state index in [4.69, 9.17) is 4.74 Å². The normalized spacial score (nSPS) is 14.3. The number of ether oxygens (including phenoxy) is 1. The van der Waals surface area contributed by atoms with E-state index >= 15 is 0 Å². The Labute approximate surface area is 115 Å². The number of hydrogen-bond donors (Lipinski definition) is 1. The van der Waals surface area contributed by atoms with Gasteiger partial charge in [0.2, 0.25) is 0 Å². The summed E-state index contributed by atoms with van der Waals surface area (Å²) in [6, 6.07) is 5.03. The van der Waals surface area contributed by atoms with Gasteiger partial charge in [0.1, 0.15) is 11.5 Å². The molecule has 1 amide bonds. The molecule has 0 aromatic heterocycles. The number of amides is 1. The highest BCUT2D eigenvalue weighted by atomic mass is 79.9. The summed E-state index contributed by atoms with van der Waals surface area (Å²) in [6.07, 6.45) is 2.09. The zero-order valence-corrected chi connectivity index (χ0v) is 11.8. The first-order valence-electron chi connectivity index (χ1n) is 5.91. The molecule has 4 nitrogen and oxygen atoms in total. The fraction of sp³-hybridized carbons (Fsp3) is 0.462. The molecule has 0 radical (unpaired) electrons. The van der Waals surface area contributed by atoms with Gasteiger partial charge in [-0.2, -0.15) is 0 Å². The first-order valence-corrected chi connectivity index (χ1v) is 7.03. The molecule has 0 atom stereocenters. The monoisotopic (exact) mass is 313 g/mol. The van der Waals surface area contributed by atoms with E-state index in [1.165, 1.54) is 13.2 Å². The second-order valence-electron chi connectivity index (χ2n) is 4.30. The Hall–Kier alpha value is -1.23. The third-order valence-electron chi connectivity index (χ3n) is 3.01. The number of nitrogens with zero attached hydrogens (tertiary/aromatic N) is 1. The molecule has 0 bridgehead atoms. The number of rotatable bonds is 5. The smallest absolute Gasteiger partial charge is 0.258 e. The number of carbonyl (C=O) groups excluding carboxylic acids is 1.